The highest BCUT2D eigenvalue weighted by molar-refractivity contribution is 6.31. The monoisotopic (exact) mass is 406 g/mol. The second kappa shape index (κ2) is 8.02. The van der Waals surface area contributed by atoms with Gasteiger partial charge in [0.05, 0.1) is 5.92 Å². The molecule has 2 aliphatic rings. The standard InChI is InChI=1S/C23H19ClN2O3/c24-17-8-3-1-6-14(17)13-28-19-10-4-2-7-15(19)21-16(12-25)23(26)29-20-11-5-9-18(27)22(20)21/h1-4,6-8,10,21H,5,9,11,13,26H2/t21-/m1/s1. The average Bonchev–Trinajstić information content (AvgIpc) is 2.73. The molecule has 146 valence electrons. The van der Waals surface area contributed by atoms with Gasteiger partial charge in [-0.05, 0) is 18.6 Å². The third kappa shape index (κ3) is 3.59. The van der Waals surface area contributed by atoms with Crippen molar-refractivity contribution < 1.29 is 14.3 Å². The number of nitriles is 1. The van der Waals surface area contributed by atoms with Crippen molar-refractivity contribution in [3.05, 3.63) is 87.5 Å². The summed E-state index contributed by atoms with van der Waals surface area (Å²) < 4.78 is 11.7. The number of nitrogens with zero attached hydrogens (tertiary/aromatic N) is 1. The lowest BCUT2D eigenvalue weighted by Gasteiger charge is -2.31. The van der Waals surface area contributed by atoms with Gasteiger partial charge in [-0.2, -0.15) is 5.26 Å². The SMILES string of the molecule is N#CC1=C(N)OC2=C(C(=O)CCC2)[C@@H]1c1ccccc1OCc1ccccc1Cl. The number of allylic oxidation sites excluding steroid dienone is 3. The first-order chi connectivity index (χ1) is 14.1. The number of carbonyl (C=O) groups is 1. The summed E-state index contributed by atoms with van der Waals surface area (Å²) in [6, 6.07) is 17.0. The fraction of sp³-hybridized carbons (Fsp3) is 0.217. The predicted molar refractivity (Wildman–Crippen MR) is 109 cm³/mol. The molecule has 1 aliphatic heterocycles. The number of hydrogen-bond acceptors (Lipinski definition) is 5. The fourth-order valence-corrected chi connectivity index (χ4v) is 3.98. The maximum absolute atomic E-state index is 12.7. The van der Waals surface area contributed by atoms with Crippen molar-refractivity contribution in [3.8, 4) is 11.8 Å². The molecule has 0 bridgehead atoms. The molecule has 29 heavy (non-hydrogen) atoms. The lowest BCUT2D eigenvalue weighted by molar-refractivity contribution is -0.116. The van der Waals surface area contributed by atoms with E-state index in [1.54, 1.807) is 6.07 Å². The zero-order chi connectivity index (χ0) is 20.4. The van der Waals surface area contributed by atoms with E-state index in [0.29, 0.717) is 46.9 Å². The normalized spacial score (nSPS) is 18.8. The van der Waals surface area contributed by atoms with E-state index in [9.17, 15) is 10.1 Å². The molecule has 1 heterocycles. The molecule has 0 saturated heterocycles. The molecular weight excluding hydrogens is 388 g/mol. The molecule has 2 N–H and O–H groups in total. The summed E-state index contributed by atoms with van der Waals surface area (Å²) in [5.41, 5.74) is 8.34. The minimum absolute atomic E-state index is 0.0163. The van der Waals surface area contributed by atoms with Crippen molar-refractivity contribution >= 4 is 17.4 Å². The van der Waals surface area contributed by atoms with Gasteiger partial charge in [-0.15, -0.1) is 0 Å². The summed E-state index contributed by atoms with van der Waals surface area (Å²) in [6.07, 6.45) is 1.77. The van der Waals surface area contributed by atoms with Crippen LogP contribution in [0.2, 0.25) is 5.02 Å². The molecule has 0 amide bonds. The quantitative estimate of drug-likeness (QED) is 0.792. The second-order valence-electron chi connectivity index (χ2n) is 6.96. The minimum Gasteiger partial charge on any atom is -0.489 e. The van der Waals surface area contributed by atoms with E-state index in [1.165, 1.54) is 0 Å². The van der Waals surface area contributed by atoms with Gasteiger partial charge in [-0.1, -0.05) is 48.0 Å². The van der Waals surface area contributed by atoms with Crippen LogP contribution in [0.5, 0.6) is 5.75 Å². The van der Waals surface area contributed by atoms with E-state index in [4.69, 9.17) is 26.8 Å². The molecule has 0 spiro atoms. The fourth-order valence-electron chi connectivity index (χ4n) is 3.79. The number of benzene rings is 2. The Morgan fingerprint density at radius 1 is 1.17 bits per heavy atom. The third-order valence-electron chi connectivity index (χ3n) is 5.18. The van der Waals surface area contributed by atoms with Gasteiger partial charge in [0.15, 0.2) is 5.78 Å². The molecule has 0 radical (unpaired) electrons. The number of ether oxygens (including phenoxy) is 2. The van der Waals surface area contributed by atoms with Crippen LogP contribution in [0.3, 0.4) is 0 Å². The maximum Gasteiger partial charge on any atom is 0.205 e. The van der Waals surface area contributed by atoms with Gasteiger partial charge in [0, 0.05) is 34.6 Å². The van der Waals surface area contributed by atoms with Crippen molar-refractivity contribution in [2.75, 3.05) is 0 Å². The number of Topliss-reactive ketones (excluding diaryl/α,β-unsaturated/α-hetero) is 1. The van der Waals surface area contributed by atoms with Gasteiger partial charge in [-0.25, -0.2) is 0 Å². The van der Waals surface area contributed by atoms with Crippen LogP contribution in [-0.4, -0.2) is 5.78 Å². The Morgan fingerprint density at radius 3 is 2.72 bits per heavy atom. The van der Waals surface area contributed by atoms with Crippen molar-refractivity contribution in [2.45, 2.75) is 31.8 Å². The van der Waals surface area contributed by atoms with Crippen LogP contribution < -0.4 is 10.5 Å². The molecule has 1 atom stereocenters. The molecule has 5 nitrogen and oxygen atoms in total. The van der Waals surface area contributed by atoms with Gasteiger partial charge in [0.2, 0.25) is 5.88 Å². The zero-order valence-electron chi connectivity index (χ0n) is 15.7. The van der Waals surface area contributed by atoms with E-state index < -0.39 is 5.92 Å². The summed E-state index contributed by atoms with van der Waals surface area (Å²) >= 11 is 6.24. The number of halogens is 1. The first-order valence-corrected chi connectivity index (χ1v) is 9.77. The van der Waals surface area contributed by atoms with Crippen molar-refractivity contribution in [2.24, 2.45) is 5.73 Å². The molecule has 4 rings (SSSR count). The zero-order valence-corrected chi connectivity index (χ0v) is 16.4. The van der Waals surface area contributed by atoms with Gasteiger partial charge >= 0.3 is 0 Å². The second-order valence-corrected chi connectivity index (χ2v) is 7.36. The molecule has 0 saturated carbocycles. The Balaban J connectivity index is 1.76. The lowest BCUT2D eigenvalue weighted by Crippen LogP contribution is -2.27. The highest BCUT2D eigenvalue weighted by Crippen LogP contribution is 2.45. The molecule has 0 unspecified atom stereocenters. The third-order valence-corrected chi connectivity index (χ3v) is 5.54. The van der Waals surface area contributed by atoms with Crippen LogP contribution in [0, 0.1) is 11.3 Å². The van der Waals surface area contributed by atoms with Gasteiger partial charge in [-0.3, -0.25) is 4.79 Å². The maximum atomic E-state index is 12.7. The number of nitrogens with two attached hydrogens (primary N) is 1. The highest BCUT2D eigenvalue weighted by atomic mass is 35.5. The first kappa shape index (κ1) is 19.1. The van der Waals surface area contributed by atoms with Crippen LogP contribution >= 0.6 is 11.6 Å². The number of ketones is 1. The van der Waals surface area contributed by atoms with Crippen molar-refractivity contribution in [1.82, 2.24) is 0 Å². The molecule has 2 aromatic rings. The van der Waals surface area contributed by atoms with Crippen LogP contribution in [0.1, 0.15) is 36.3 Å². The van der Waals surface area contributed by atoms with Crippen LogP contribution in [0.25, 0.3) is 0 Å². The highest BCUT2D eigenvalue weighted by Gasteiger charge is 2.39. The summed E-state index contributed by atoms with van der Waals surface area (Å²) in [7, 11) is 0. The topological polar surface area (TPSA) is 85.3 Å². The van der Waals surface area contributed by atoms with Gasteiger partial charge in [0.1, 0.15) is 29.8 Å². The van der Waals surface area contributed by atoms with Gasteiger partial charge in [0.25, 0.3) is 0 Å². The molecule has 2 aromatic carbocycles. The summed E-state index contributed by atoms with van der Waals surface area (Å²) in [6.45, 7) is 0.265. The Kier molecular flexibility index (Phi) is 5.28. The van der Waals surface area contributed by atoms with Crippen LogP contribution in [0.15, 0.2) is 71.3 Å². The first-order valence-electron chi connectivity index (χ1n) is 9.39. The number of hydrogen-bond donors (Lipinski definition) is 1. The number of para-hydroxylation sites is 1. The van der Waals surface area contributed by atoms with E-state index in [1.807, 2.05) is 42.5 Å². The number of carbonyl (C=O) groups excluding carboxylic acids is 1. The molecule has 1 aliphatic carbocycles. The summed E-state index contributed by atoms with van der Waals surface area (Å²) in [4.78, 5) is 12.7. The minimum atomic E-state index is -0.598. The molecule has 0 aromatic heterocycles. The number of rotatable bonds is 4. The van der Waals surface area contributed by atoms with Crippen molar-refractivity contribution in [3.63, 3.8) is 0 Å². The molecular formula is C23H19ClN2O3. The largest absolute Gasteiger partial charge is 0.489 e. The Morgan fingerprint density at radius 2 is 1.93 bits per heavy atom. The Labute approximate surface area is 174 Å². The summed E-state index contributed by atoms with van der Waals surface area (Å²) in [5.74, 6) is 0.567. The average molecular weight is 407 g/mol. The molecule has 0 fully saturated rings. The van der Waals surface area contributed by atoms with Crippen LogP contribution in [-0.2, 0) is 16.1 Å². The van der Waals surface area contributed by atoms with E-state index >= 15 is 0 Å². The van der Waals surface area contributed by atoms with Crippen molar-refractivity contribution in [1.29, 1.82) is 5.26 Å². The lowest BCUT2D eigenvalue weighted by atomic mass is 9.77. The smallest absolute Gasteiger partial charge is 0.205 e. The predicted octanol–water partition coefficient (Wildman–Crippen LogP) is 4.73. The van der Waals surface area contributed by atoms with Gasteiger partial charge < -0.3 is 15.2 Å². The Hall–Kier alpha value is -3.23. The Bertz CT molecular complexity index is 1080. The van der Waals surface area contributed by atoms with E-state index in [0.717, 1.165) is 5.56 Å². The summed E-state index contributed by atoms with van der Waals surface area (Å²) in [5, 5.41) is 10.4. The molecule has 6 heteroatoms. The van der Waals surface area contributed by atoms with Crippen LogP contribution in [0.4, 0.5) is 0 Å². The van der Waals surface area contributed by atoms with E-state index in [-0.39, 0.29) is 23.8 Å². The van der Waals surface area contributed by atoms with E-state index in [2.05, 4.69) is 6.07 Å².